The smallest absolute Gasteiger partial charge is 0.408 e. The Morgan fingerprint density at radius 2 is 1.12 bits per heavy atom. The van der Waals surface area contributed by atoms with Gasteiger partial charge in [-0.3, -0.25) is 24.7 Å². The van der Waals surface area contributed by atoms with E-state index in [-0.39, 0.29) is 48.5 Å². The fraction of sp³-hybridized carbons (Fsp3) is 0.721. The molecule has 0 radical (unpaired) electrons. The molecule has 0 aliphatic heterocycles. The van der Waals surface area contributed by atoms with Crippen molar-refractivity contribution >= 4 is 54.1 Å². The lowest BCUT2D eigenvalue weighted by molar-refractivity contribution is -0.157. The van der Waals surface area contributed by atoms with E-state index in [1.165, 1.54) is 0 Å². The van der Waals surface area contributed by atoms with Crippen molar-refractivity contribution in [2.45, 2.75) is 131 Å². The highest BCUT2D eigenvalue weighted by molar-refractivity contribution is 5.87. The van der Waals surface area contributed by atoms with E-state index in [1.54, 1.807) is 6.92 Å². The highest BCUT2D eigenvalue weighted by Crippen LogP contribution is 2.47. The molecule has 2 aliphatic rings. The van der Waals surface area contributed by atoms with Gasteiger partial charge in [0.05, 0.1) is 53.6 Å². The number of carbonyl (C=O) groups excluding carboxylic acids is 8. The number of aromatic amines is 1. The number of esters is 4. The first-order chi connectivity index (χ1) is 30.7. The number of aromatic nitrogens is 2. The lowest BCUT2D eigenvalue weighted by atomic mass is 9.62. The highest BCUT2D eigenvalue weighted by Gasteiger charge is 2.44. The number of nitrogens with zero attached hydrogens (tertiary/aromatic N) is 1. The van der Waals surface area contributed by atoms with Gasteiger partial charge >= 0.3 is 48.2 Å². The number of aryl methyl sites for hydroxylation is 1. The van der Waals surface area contributed by atoms with Crippen molar-refractivity contribution in [1.29, 1.82) is 0 Å². The third-order valence-corrected chi connectivity index (χ3v) is 11.5. The van der Waals surface area contributed by atoms with Crippen LogP contribution in [0.3, 0.4) is 0 Å². The van der Waals surface area contributed by atoms with Crippen molar-refractivity contribution in [3.05, 3.63) is 21.6 Å². The van der Waals surface area contributed by atoms with Crippen LogP contribution in [0.2, 0.25) is 0 Å². The molecule has 3 rings (SSSR count). The number of hydrogen-bond donors (Lipinski definition) is 6. The molecule has 6 unspecified atom stereocenters. The van der Waals surface area contributed by atoms with Crippen molar-refractivity contribution in [2.75, 3.05) is 53.5 Å². The number of urea groups is 1. The minimum atomic E-state index is -1.49. The van der Waals surface area contributed by atoms with Crippen LogP contribution in [0.4, 0.5) is 25.1 Å². The van der Waals surface area contributed by atoms with Crippen LogP contribution in [-0.2, 0) is 58.8 Å². The predicted molar refractivity (Wildman–Crippen MR) is 233 cm³/mol. The normalized spacial score (nSPS) is 22.7. The molecule has 1 heterocycles. The Balaban J connectivity index is 1.50. The fourth-order valence-corrected chi connectivity index (χ4v) is 9.47. The van der Waals surface area contributed by atoms with Gasteiger partial charge in [-0.25, -0.2) is 33.8 Å². The Morgan fingerprint density at radius 1 is 0.667 bits per heavy atom. The molecule has 5 amide bonds. The van der Waals surface area contributed by atoms with Gasteiger partial charge in [0.2, 0.25) is 18.2 Å². The average molecular weight is 938 g/mol. The number of ether oxygens (including phenoxy) is 7. The maximum atomic E-state index is 13.1. The summed E-state index contributed by atoms with van der Waals surface area (Å²) in [4.78, 5) is 119. The van der Waals surface area contributed by atoms with Gasteiger partial charge in [-0.1, -0.05) is 41.5 Å². The Hall–Kier alpha value is -6.16. The zero-order valence-corrected chi connectivity index (χ0v) is 39.8. The molecule has 0 spiro atoms. The molecule has 6 N–H and O–H groups in total. The lowest BCUT2D eigenvalue weighted by Gasteiger charge is -2.46. The second-order valence-corrected chi connectivity index (χ2v) is 19.2. The number of methoxy groups -OCH3 is 4. The summed E-state index contributed by atoms with van der Waals surface area (Å²) < 4.78 is 34.3. The molecule has 1 aromatic rings. The molecule has 2 aliphatic carbocycles. The number of hydrogen-bond acceptors (Lipinski definition) is 17. The SMILES string of the molecule is COC(=O)CC(OC(=O)NC1CC(C)(C)CC(C)(CNC(=O)Nc2nc(C)c(CCOC(=O)NCC3(C)CC(NC(=O)OC(CC(=O)OC)C(=O)OC)CC(C)(C)C3)c(=O)[nH]2)C1)C(=O)OC. The minimum absolute atomic E-state index is 0.0283. The molecule has 0 bridgehead atoms. The van der Waals surface area contributed by atoms with Crippen LogP contribution in [0.1, 0.15) is 104 Å². The van der Waals surface area contributed by atoms with Crippen LogP contribution < -0.4 is 32.1 Å². The summed E-state index contributed by atoms with van der Waals surface area (Å²) in [6, 6.07) is -1.44. The predicted octanol–water partition coefficient (Wildman–Crippen LogP) is 3.30. The summed E-state index contributed by atoms with van der Waals surface area (Å²) in [6.45, 7) is 13.8. The molecular formula is C43H67N7O16. The summed E-state index contributed by atoms with van der Waals surface area (Å²) >= 11 is 0. The van der Waals surface area contributed by atoms with E-state index in [0.29, 0.717) is 44.2 Å². The van der Waals surface area contributed by atoms with E-state index < -0.39 is 102 Å². The van der Waals surface area contributed by atoms with Gasteiger partial charge in [-0.15, -0.1) is 0 Å². The summed E-state index contributed by atoms with van der Waals surface area (Å²) in [7, 11) is 4.49. The molecule has 370 valence electrons. The van der Waals surface area contributed by atoms with Crippen molar-refractivity contribution in [2.24, 2.45) is 21.7 Å². The van der Waals surface area contributed by atoms with Crippen LogP contribution >= 0.6 is 0 Å². The average Bonchev–Trinajstić information content (AvgIpc) is 3.20. The summed E-state index contributed by atoms with van der Waals surface area (Å²) in [5.74, 6) is -3.44. The molecule has 6 atom stereocenters. The summed E-state index contributed by atoms with van der Waals surface area (Å²) in [6.07, 6.45) is -3.13. The van der Waals surface area contributed by atoms with Crippen molar-refractivity contribution in [3.63, 3.8) is 0 Å². The number of alkyl carbamates (subject to hydrolysis) is 3. The third-order valence-electron chi connectivity index (χ3n) is 11.5. The Labute approximate surface area is 383 Å². The second-order valence-electron chi connectivity index (χ2n) is 19.2. The van der Waals surface area contributed by atoms with Crippen LogP contribution in [0.25, 0.3) is 0 Å². The van der Waals surface area contributed by atoms with Crippen LogP contribution in [0.15, 0.2) is 4.79 Å². The fourth-order valence-electron chi connectivity index (χ4n) is 9.47. The Kier molecular flexibility index (Phi) is 19.2. The third kappa shape index (κ3) is 17.3. The van der Waals surface area contributed by atoms with Crippen LogP contribution in [-0.4, -0.2) is 131 Å². The molecule has 2 saturated carbocycles. The molecule has 23 nitrogen and oxygen atoms in total. The first-order valence-electron chi connectivity index (χ1n) is 21.5. The quantitative estimate of drug-likeness (QED) is 0.0909. The Bertz CT molecular complexity index is 2010. The lowest BCUT2D eigenvalue weighted by Crippen LogP contribution is -2.51. The number of amides is 5. The zero-order valence-electron chi connectivity index (χ0n) is 39.8. The standard InChI is InChI=1S/C43H67N7O16/c1-24-27(12-13-64-37(57)45-23-43(7)19-26(17-41(4,5)21-43)48-39(59)66-29(34(55)63-11)15-31(52)61-9)32(53)49-35(46-24)50-36(56)44-22-42(6)18-25(16-40(2,3)20-42)47-38(58)65-28(33(54)62-10)14-30(51)60-8/h25-26,28-29H,12-23H2,1-11H3,(H,45,57)(H,47,58)(H,48,59)(H3,44,46,49,50,53,56). The van der Waals surface area contributed by atoms with Crippen molar-refractivity contribution < 1.29 is 71.5 Å². The molecule has 0 saturated heterocycles. The van der Waals surface area contributed by atoms with Gasteiger partial charge < -0.3 is 54.4 Å². The van der Waals surface area contributed by atoms with Gasteiger partial charge in [0.15, 0.2) is 0 Å². The van der Waals surface area contributed by atoms with E-state index in [0.717, 1.165) is 28.4 Å². The van der Waals surface area contributed by atoms with E-state index in [4.69, 9.17) is 14.2 Å². The molecule has 2 fully saturated rings. The van der Waals surface area contributed by atoms with Crippen molar-refractivity contribution in [3.8, 4) is 0 Å². The zero-order chi connectivity index (χ0) is 49.6. The molecular weight excluding hydrogens is 871 g/mol. The van der Waals surface area contributed by atoms with E-state index in [2.05, 4.69) is 55.5 Å². The second kappa shape index (κ2) is 23.3. The van der Waals surface area contributed by atoms with Gasteiger partial charge in [-0.05, 0) is 67.1 Å². The summed E-state index contributed by atoms with van der Waals surface area (Å²) in [5.41, 5.74) is -1.54. The minimum Gasteiger partial charge on any atom is -0.469 e. The van der Waals surface area contributed by atoms with E-state index in [1.807, 2.05) is 41.5 Å². The number of carbonyl (C=O) groups is 8. The first-order valence-corrected chi connectivity index (χ1v) is 21.5. The van der Waals surface area contributed by atoms with E-state index >= 15 is 0 Å². The van der Waals surface area contributed by atoms with Gasteiger partial charge in [-0.2, -0.15) is 0 Å². The first kappa shape index (κ1) is 54.2. The molecule has 23 heteroatoms. The molecule has 1 aromatic heterocycles. The van der Waals surface area contributed by atoms with Gasteiger partial charge in [0.1, 0.15) is 0 Å². The number of anilines is 1. The molecule has 66 heavy (non-hydrogen) atoms. The largest absolute Gasteiger partial charge is 0.469 e. The van der Waals surface area contributed by atoms with Crippen LogP contribution in [0.5, 0.6) is 0 Å². The topological polar surface area (TPSA) is 307 Å². The maximum absolute atomic E-state index is 13.1. The maximum Gasteiger partial charge on any atom is 0.408 e. The van der Waals surface area contributed by atoms with Gasteiger partial charge in [0, 0.05) is 37.2 Å². The van der Waals surface area contributed by atoms with Gasteiger partial charge in [0.25, 0.3) is 5.56 Å². The molecule has 0 aromatic carbocycles. The number of nitrogens with one attached hydrogen (secondary N) is 6. The van der Waals surface area contributed by atoms with Crippen LogP contribution in [0, 0.1) is 28.6 Å². The number of H-pyrrole nitrogens is 1. The van der Waals surface area contributed by atoms with Crippen molar-refractivity contribution in [1.82, 2.24) is 31.2 Å². The van der Waals surface area contributed by atoms with E-state index in [9.17, 15) is 43.2 Å². The summed E-state index contributed by atoms with van der Waals surface area (Å²) in [5, 5.41) is 13.7. The Morgan fingerprint density at radius 3 is 1.55 bits per heavy atom. The number of rotatable bonds is 18. The highest BCUT2D eigenvalue weighted by atomic mass is 16.6. The monoisotopic (exact) mass is 937 g/mol.